The van der Waals surface area contributed by atoms with Crippen molar-refractivity contribution in [1.82, 2.24) is 4.98 Å². The van der Waals surface area contributed by atoms with E-state index in [4.69, 9.17) is 0 Å². The minimum atomic E-state index is -0.716. The van der Waals surface area contributed by atoms with Gasteiger partial charge in [0.2, 0.25) is 11.8 Å². The summed E-state index contributed by atoms with van der Waals surface area (Å²) in [4.78, 5) is 13.5. The van der Waals surface area contributed by atoms with E-state index >= 15 is 0 Å². The Morgan fingerprint density at radius 1 is 1.64 bits per heavy atom. The third-order valence-corrected chi connectivity index (χ3v) is 1.14. The van der Waals surface area contributed by atoms with Gasteiger partial charge in [-0.25, -0.2) is 0 Å². The lowest BCUT2D eigenvalue weighted by Crippen LogP contribution is -1.92. The van der Waals surface area contributed by atoms with Crippen LogP contribution in [-0.2, 0) is 0 Å². The summed E-state index contributed by atoms with van der Waals surface area (Å²) in [5.41, 5.74) is 0.217. The molecular weight excluding hydrogens is 149 g/mol. The lowest BCUT2D eigenvalue weighted by molar-refractivity contribution is 0.112. The predicted molar refractivity (Wildman–Crippen MR) is 36.1 cm³/mol. The summed E-state index contributed by atoms with van der Waals surface area (Å²) in [6, 6.07) is 2.39. The fraction of sp³-hybridized carbons (Fsp3) is 0.143. The number of pyridine rings is 1. The van der Waals surface area contributed by atoms with Gasteiger partial charge in [-0.15, -0.1) is 0 Å². The number of rotatable bonds is 2. The Bertz CT molecular complexity index is 275. The zero-order valence-electron chi connectivity index (χ0n) is 5.87. The molecular formula is C7H6FNO2. The zero-order valence-corrected chi connectivity index (χ0v) is 5.87. The smallest absolute Gasteiger partial charge is 0.216 e. The summed E-state index contributed by atoms with van der Waals surface area (Å²) in [5, 5.41) is 0. The third-order valence-electron chi connectivity index (χ3n) is 1.14. The molecule has 0 aliphatic rings. The number of halogens is 1. The van der Waals surface area contributed by atoms with E-state index in [9.17, 15) is 9.18 Å². The summed E-state index contributed by atoms with van der Waals surface area (Å²) in [5.74, 6) is -0.612. The van der Waals surface area contributed by atoms with Gasteiger partial charge in [0.1, 0.15) is 6.29 Å². The molecule has 0 aromatic carbocycles. The predicted octanol–water partition coefficient (Wildman–Crippen LogP) is 1.04. The van der Waals surface area contributed by atoms with Gasteiger partial charge in [0.05, 0.1) is 7.11 Å². The summed E-state index contributed by atoms with van der Waals surface area (Å²) < 4.78 is 17.1. The summed E-state index contributed by atoms with van der Waals surface area (Å²) in [6.07, 6.45) is 0.535. The topological polar surface area (TPSA) is 39.2 Å². The van der Waals surface area contributed by atoms with E-state index in [-0.39, 0.29) is 11.4 Å². The first kappa shape index (κ1) is 7.65. The van der Waals surface area contributed by atoms with Crippen LogP contribution >= 0.6 is 0 Å². The van der Waals surface area contributed by atoms with Crippen LogP contribution in [0.3, 0.4) is 0 Å². The Morgan fingerprint density at radius 2 is 2.36 bits per heavy atom. The quantitative estimate of drug-likeness (QED) is 0.473. The molecule has 0 saturated carbocycles. The molecule has 1 heterocycles. The Morgan fingerprint density at radius 3 is 2.91 bits per heavy atom. The van der Waals surface area contributed by atoms with E-state index in [2.05, 4.69) is 9.72 Å². The maximum Gasteiger partial charge on any atom is 0.216 e. The highest BCUT2D eigenvalue weighted by atomic mass is 19.1. The highest BCUT2D eigenvalue weighted by Gasteiger charge is 2.00. The van der Waals surface area contributed by atoms with Gasteiger partial charge >= 0.3 is 0 Å². The number of nitrogens with zero attached hydrogens (tertiary/aromatic N) is 1. The van der Waals surface area contributed by atoms with Crippen LogP contribution in [0.25, 0.3) is 0 Å². The number of carbonyl (C=O) groups excluding carboxylic acids is 1. The fourth-order valence-corrected chi connectivity index (χ4v) is 0.664. The van der Waals surface area contributed by atoms with E-state index < -0.39 is 5.95 Å². The highest BCUT2D eigenvalue weighted by Crippen LogP contribution is 2.08. The van der Waals surface area contributed by atoms with Gasteiger partial charge in [-0.3, -0.25) is 4.79 Å². The Balaban J connectivity index is 3.11. The van der Waals surface area contributed by atoms with Crippen molar-refractivity contribution in [2.75, 3.05) is 7.11 Å². The standard InChI is InChI=1S/C7H6FNO2/c1-11-7-3-5(4-10)2-6(8)9-7/h2-4H,1H3. The summed E-state index contributed by atoms with van der Waals surface area (Å²) >= 11 is 0. The average molecular weight is 155 g/mol. The zero-order chi connectivity index (χ0) is 8.27. The van der Waals surface area contributed by atoms with Crippen LogP contribution in [0.4, 0.5) is 4.39 Å². The number of carbonyl (C=O) groups is 1. The first-order valence-electron chi connectivity index (χ1n) is 2.93. The summed E-state index contributed by atoms with van der Waals surface area (Å²) in [6.45, 7) is 0. The number of hydrogen-bond acceptors (Lipinski definition) is 3. The SMILES string of the molecule is COc1cc(C=O)cc(F)n1. The molecule has 0 saturated heterocycles. The molecule has 0 radical (unpaired) electrons. The van der Waals surface area contributed by atoms with Crippen molar-refractivity contribution in [3.63, 3.8) is 0 Å². The molecule has 1 aromatic heterocycles. The molecule has 58 valence electrons. The maximum absolute atomic E-state index is 12.5. The molecule has 0 aliphatic carbocycles. The largest absolute Gasteiger partial charge is 0.481 e. The van der Waals surface area contributed by atoms with Crippen molar-refractivity contribution in [3.8, 4) is 5.88 Å². The molecule has 0 bridgehead atoms. The molecule has 3 nitrogen and oxygen atoms in total. The molecule has 1 aromatic rings. The number of aldehydes is 1. The van der Waals surface area contributed by atoms with Crippen molar-refractivity contribution in [3.05, 3.63) is 23.6 Å². The molecule has 11 heavy (non-hydrogen) atoms. The Hall–Kier alpha value is -1.45. The number of hydrogen-bond donors (Lipinski definition) is 0. The fourth-order valence-electron chi connectivity index (χ4n) is 0.664. The van der Waals surface area contributed by atoms with Gasteiger partial charge in [-0.2, -0.15) is 9.37 Å². The first-order valence-corrected chi connectivity index (χ1v) is 2.93. The van der Waals surface area contributed by atoms with Gasteiger partial charge in [0.25, 0.3) is 0 Å². The molecule has 0 fully saturated rings. The molecule has 0 aliphatic heterocycles. The highest BCUT2D eigenvalue weighted by molar-refractivity contribution is 5.74. The number of aromatic nitrogens is 1. The Kier molecular flexibility index (Phi) is 2.15. The van der Waals surface area contributed by atoms with Crippen molar-refractivity contribution < 1.29 is 13.9 Å². The molecule has 0 N–H and O–H groups in total. The van der Waals surface area contributed by atoms with Crippen LogP contribution < -0.4 is 4.74 Å². The minimum Gasteiger partial charge on any atom is -0.481 e. The third kappa shape index (κ3) is 1.73. The normalized spacial score (nSPS) is 9.27. The molecule has 0 amide bonds. The van der Waals surface area contributed by atoms with E-state index in [1.807, 2.05) is 0 Å². The van der Waals surface area contributed by atoms with E-state index in [0.717, 1.165) is 6.07 Å². The lowest BCUT2D eigenvalue weighted by atomic mass is 10.3. The van der Waals surface area contributed by atoms with Crippen LogP contribution in [0.5, 0.6) is 5.88 Å². The number of ether oxygens (including phenoxy) is 1. The molecule has 0 unspecified atom stereocenters. The van der Waals surface area contributed by atoms with Crippen LogP contribution in [0.2, 0.25) is 0 Å². The van der Waals surface area contributed by atoms with Gasteiger partial charge in [-0.05, 0) is 0 Å². The average Bonchev–Trinajstić information content (AvgIpc) is 2.03. The van der Waals surface area contributed by atoms with Crippen LogP contribution in [0, 0.1) is 5.95 Å². The lowest BCUT2D eigenvalue weighted by Gasteiger charge is -1.97. The van der Waals surface area contributed by atoms with E-state index in [0.29, 0.717) is 6.29 Å². The Labute approximate surface area is 62.8 Å². The van der Waals surface area contributed by atoms with Crippen molar-refractivity contribution in [1.29, 1.82) is 0 Å². The number of methoxy groups -OCH3 is 1. The molecule has 4 heteroatoms. The monoisotopic (exact) mass is 155 g/mol. The molecule has 1 rings (SSSR count). The van der Waals surface area contributed by atoms with Gasteiger partial charge < -0.3 is 4.74 Å². The minimum absolute atomic E-state index is 0.104. The first-order chi connectivity index (χ1) is 5.26. The summed E-state index contributed by atoms with van der Waals surface area (Å²) in [7, 11) is 1.36. The van der Waals surface area contributed by atoms with E-state index in [1.165, 1.54) is 13.2 Å². The second-order valence-electron chi connectivity index (χ2n) is 1.88. The maximum atomic E-state index is 12.5. The van der Waals surface area contributed by atoms with Crippen molar-refractivity contribution >= 4 is 6.29 Å². The van der Waals surface area contributed by atoms with E-state index in [1.54, 1.807) is 0 Å². The molecule has 0 atom stereocenters. The van der Waals surface area contributed by atoms with Gasteiger partial charge in [-0.1, -0.05) is 0 Å². The molecule has 0 spiro atoms. The van der Waals surface area contributed by atoms with Crippen molar-refractivity contribution in [2.24, 2.45) is 0 Å². The van der Waals surface area contributed by atoms with Gasteiger partial charge in [0, 0.05) is 17.7 Å². The van der Waals surface area contributed by atoms with Crippen LogP contribution in [-0.4, -0.2) is 18.4 Å². The van der Waals surface area contributed by atoms with Crippen molar-refractivity contribution in [2.45, 2.75) is 0 Å². The van der Waals surface area contributed by atoms with Crippen LogP contribution in [0.15, 0.2) is 12.1 Å². The second-order valence-corrected chi connectivity index (χ2v) is 1.88. The van der Waals surface area contributed by atoms with Crippen LogP contribution in [0.1, 0.15) is 10.4 Å². The second kappa shape index (κ2) is 3.09. The van der Waals surface area contributed by atoms with Gasteiger partial charge in [0.15, 0.2) is 0 Å².